The number of hydrogen-bond donors (Lipinski definition) is 1. The molecule has 0 aromatic carbocycles. The highest BCUT2D eigenvalue weighted by atomic mass is 16.1. The third kappa shape index (κ3) is 2.59. The monoisotopic (exact) mass is 318 g/mol. The standard InChI is InChI=1S/C20H19N3O/c1-23-18-6-7-19(23)17(11-15-5-3-9-22-13-15)20(24)16(18)10-14-4-2-8-21-12-14/h2-5,8-13,18-19H,6-7H2,1H3/p+1. The molecule has 0 aliphatic carbocycles. The molecular formula is C20H20N3O+. The Bertz CT molecular complexity index is 744. The Kier molecular flexibility index (Phi) is 3.82. The number of rotatable bonds is 2. The summed E-state index contributed by atoms with van der Waals surface area (Å²) in [6, 6.07) is 8.37. The zero-order chi connectivity index (χ0) is 16.5. The minimum atomic E-state index is 0.181. The van der Waals surface area contributed by atoms with Crippen LogP contribution in [-0.4, -0.2) is 34.9 Å². The number of pyridine rings is 2. The van der Waals surface area contributed by atoms with Gasteiger partial charge in [0.05, 0.1) is 18.2 Å². The second-order valence-corrected chi connectivity index (χ2v) is 6.53. The summed E-state index contributed by atoms with van der Waals surface area (Å²) in [5.74, 6) is 0.181. The van der Waals surface area contributed by atoms with Crippen LogP contribution in [0, 0.1) is 0 Å². The van der Waals surface area contributed by atoms with E-state index in [-0.39, 0.29) is 17.9 Å². The molecule has 2 saturated heterocycles. The zero-order valence-electron chi connectivity index (χ0n) is 13.6. The third-order valence-corrected chi connectivity index (χ3v) is 5.13. The summed E-state index contributed by atoms with van der Waals surface area (Å²) in [5, 5.41) is 0. The molecule has 0 radical (unpaired) electrons. The molecule has 2 aliphatic rings. The van der Waals surface area contributed by atoms with Crippen LogP contribution in [0.2, 0.25) is 0 Å². The summed E-state index contributed by atoms with van der Waals surface area (Å²) in [7, 11) is 2.20. The van der Waals surface area contributed by atoms with Crippen LogP contribution < -0.4 is 4.90 Å². The summed E-state index contributed by atoms with van der Waals surface area (Å²) >= 11 is 0. The predicted octanol–water partition coefficient (Wildman–Crippen LogP) is 1.57. The fourth-order valence-electron chi connectivity index (χ4n) is 3.93. The largest absolute Gasteiger partial charge is 0.325 e. The minimum absolute atomic E-state index is 0.181. The van der Waals surface area contributed by atoms with E-state index >= 15 is 0 Å². The van der Waals surface area contributed by atoms with E-state index in [1.165, 1.54) is 4.90 Å². The molecule has 4 heteroatoms. The van der Waals surface area contributed by atoms with E-state index in [1.54, 1.807) is 24.8 Å². The van der Waals surface area contributed by atoms with Crippen molar-refractivity contribution >= 4 is 17.9 Å². The molecule has 4 heterocycles. The Morgan fingerprint density at radius 3 is 1.88 bits per heavy atom. The Labute approximate surface area is 141 Å². The number of piperidine rings is 1. The molecule has 4 nitrogen and oxygen atoms in total. The van der Waals surface area contributed by atoms with E-state index in [1.807, 2.05) is 36.4 Å². The molecule has 2 fully saturated rings. The van der Waals surface area contributed by atoms with Crippen molar-refractivity contribution in [3.05, 3.63) is 71.3 Å². The molecule has 24 heavy (non-hydrogen) atoms. The van der Waals surface area contributed by atoms with Gasteiger partial charge in [-0.2, -0.15) is 0 Å². The van der Waals surface area contributed by atoms with Crippen molar-refractivity contribution in [2.45, 2.75) is 24.9 Å². The van der Waals surface area contributed by atoms with Gasteiger partial charge in [-0.1, -0.05) is 12.1 Å². The van der Waals surface area contributed by atoms with Gasteiger partial charge in [0.15, 0.2) is 5.78 Å². The van der Waals surface area contributed by atoms with Crippen LogP contribution in [0.15, 0.2) is 60.2 Å². The van der Waals surface area contributed by atoms with Gasteiger partial charge in [0.1, 0.15) is 12.1 Å². The molecule has 2 atom stereocenters. The van der Waals surface area contributed by atoms with Crippen LogP contribution in [0.4, 0.5) is 0 Å². The average molecular weight is 318 g/mol. The summed E-state index contributed by atoms with van der Waals surface area (Å²) in [6.45, 7) is 0. The maximum Gasteiger partial charge on any atom is 0.196 e. The van der Waals surface area contributed by atoms with Gasteiger partial charge in [-0.05, 0) is 35.4 Å². The second-order valence-electron chi connectivity index (χ2n) is 6.53. The molecule has 2 aromatic heterocycles. The number of Topliss-reactive ketones (excluding diaryl/α,β-unsaturated/α-hetero) is 1. The predicted molar refractivity (Wildman–Crippen MR) is 93.1 cm³/mol. The molecule has 4 rings (SSSR count). The first-order chi connectivity index (χ1) is 11.7. The Balaban J connectivity index is 1.78. The van der Waals surface area contributed by atoms with Crippen molar-refractivity contribution in [1.29, 1.82) is 0 Å². The summed E-state index contributed by atoms with van der Waals surface area (Å²) in [6.07, 6.45) is 13.3. The van der Waals surface area contributed by atoms with Crippen molar-refractivity contribution in [2.24, 2.45) is 0 Å². The number of carbonyl (C=O) groups is 1. The molecule has 2 aliphatic heterocycles. The van der Waals surface area contributed by atoms with E-state index in [9.17, 15) is 4.79 Å². The van der Waals surface area contributed by atoms with Crippen LogP contribution in [-0.2, 0) is 4.79 Å². The molecule has 1 N–H and O–H groups in total. The topological polar surface area (TPSA) is 47.3 Å². The van der Waals surface area contributed by atoms with Gasteiger partial charge in [0.2, 0.25) is 0 Å². The van der Waals surface area contributed by atoms with E-state index in [0.29, 0.717) is 0 Å². The summed E-state index contributed by atoms with van der Waals surface area (Å²) in [4.78, 5) is 22.9. The molecule has 0 amide bonds. The summed E-state index contributed by atoms with van der Waals surface area (Å²) < 4.78 is 0. The summed E-state index contributed by atoms with van der Waals surface area (Å²) in [5.41, 5.74) is 3.79. The highest BCUT2D eigenvalue weighted by Gasteiger charge is 2.48. The lowest BCUT2D eigenvalue weighted by Crippen LogP contribution is -3.16. The van der Waals surface area contributed by atoms with E-state index in [4.69, 9.17) is 0 Å². The number of likely N-dealkylation sites (N-methyl/N-ethyl adjacent to an activating group) is 1. The number of carbonyl (C=O) groups excluding carboxylic acids is 1. The average Bonchev–Trinajstić information content (AvgIpc) is 2.93. The van der Waals surface area contributed by atoms with Crippen molar-refractivity contribution in [1.82, 2.24) is 9.97 Å². The molecule has 2 unspecified atom stereocenters. The number of nitrogens with one attached hydrogen (secondary N) is 1. The Hall–Kier alpha value is -2.59. The first kappa shape index (κ1) is 15.0. The lowest BCUT2D eigenvalue weighted by atomic mass is 9.89. The van der Waals surface area contributed by atoms with E-state index < -0.39 is 0 Å². The maximum absolute atomic E-state index is 13.1. The minimum Gasteiger partial charge on any atom is -0.325 e. The fourth-order valence-corrected chi connectivity index (χ4v) is 3.93. The molecule has 2 aromatic rings. The van der Waals surface area contributed by atoms with Crippen LogP contribution in [0.25, 0.3) is 12.2 Å². The first-order valence-corrected chi connectivity index (χ1v) is 8.35. The van der Waals surface area contributed by atoms with Crippen LogP contribution >= 0.6 is 0 Å². The van der Waals surface area contributed by atoms with Crippen molar-refractivity contribution in [3.8, 4) is 0 Å². The van der Waals surface area contributed by atoms with Gasteiger partial charge in [0.25, 0.3) is 0 Å². The molecular weight excluding hydrogens is 298 g/mol. The normalized spacial score (nSPS) is 29.4. The fraction of sp³-hybridized carbons (Fsp3) is 0.250. The smallest absolute Gasteiger partial charge is 0.196 e. The lowest BCUT2D eigenvalue weighted by molar-refractivity contribution is -0.906. The van der Waals surface area contributed by atoms with Gasteiger partial charge in [-0.3, -0.25) is 14.8 Å². The highest BCUT2D eigenvalue weighted by molar-refractivity contribution is 6.15. The number of aromatic nitrogens is 2. The lowest BCUT2D eigenvalue weighted by Gasteiger charge is -2.31. The molecule has 0 spiro atoms. The number of ketones is 1. The first-order valence-electron chi connectivity index (χ1n) is 8.35. The Morgan fingerprint density at radius 2 is 1.46 bits per heavy atom. The molecule has 2 bridgehead atoms. The number of fused-ring (bicyclic) bond motifs is 2. The van der Waals surface area contributed by atoms with Crippen molar-refractivity contribution in [3.63, 3.8) is 0 Å². The van der Waals surface area contributed by atoms with Crippen LogP contribution in [0.5, 0.6) is 0 Å². The van der Waals surface area contributed by atoms with Gasteiger partial charge >= 0.3 is 0 Å². The van der Waals surface area contributed by atoms with Gasteiger partial charge in [0, 0.05) is 37.6 Å². The highest BCUT2D eigenvalue weighted by Crippen LogP contribution is 2.30. The number of hydrogen-bond acceptors (Lipinski definition) is 3. The van der Waals surface area contributed by atoms with Crippen molar-refractivity contribution < 1.29 is 9.69 Å². The van der Waals surface area contributed by atoms with Gasteiger partial charge in [-0.25, -0.2) is 0 Å². The van der Waals surface area contributed by atoms with E-state index in [0.717, 1.165) is 35.1 Å². The van der Waals surface area contributed by atoms with Gasteiger partial charge in [-0.15, -0.1) is 0 Å². The van der Waals surface area contributed by atoms with Crippen molar-refractivity contribution in [2.75, 3.05) is 7.05 Å². The SMILES string of the molecule is C[NH+]1C2CCC1C(=Cc1cccnc1)C(=O)C2=Cc1cccnc1. The van der Waals surface area contributed by atoms with Gasteiger partial charge < -0.3 is 4.90 Å². The number of quaternary nitrogens is 1. The zero-order valence-corrected chi connectivity index (χ0v) is 13.6. The van der Waals surface area contributed by atoms with Crippen LogP contribution in [0.1, 0.15) is 24.0 Å². The third-order valence-electron chi connectivity index (χ3n) is 5.13. The number of nitrogens with zero attached hydrogens (tertiary/aromatic N) is 2. The second kappa shape index (κ2) is 6.13. The quantitative estimate of drug-likeness (QED) is 0.855. The van der Waals surface area contributed by atoms with E-state index in [2.05, 4.69) is 17.0 Å². The van der Waals surface area contributed by atoms with Crippen LogP contribution in [0.3, 0.4) is 0 Å². The maximum atomic E-state index is 13.1. The molecule has 120 valence electrons. The Morgan fingerprint density at radius 1 is 0.958 bits per heavy atom. The molecule has 0 saturated carbocycles.